The Labute approximate surface area is 176 Å². The number of aliphatic hydroxyl groups is 1. The normalized spacial score (nSPS) is 15.0. The van der Waals surface area contributed by atoms with E-state index in [2.05, 4.69) is 15.3 Å². The summed E-state index contributed by atoms with van der Waals surface area (Å²) in [6, 6.07) is 13.7. The van der Waals surface area contributed by atoms with Crippen molar-refractivity contribution in [1.82, 2.24) is 20.0 Å². The molecule has 0 saturated heterocycles. The van der Waals surface area contributed by atoms with Crippen molar-refractivity contribution in [2.24, 2.45) is 0 Å². The molecule has 4 rings (SSSR count). The lowest BCUT2D eigenvalue weighted by atomic mass is 10.0. The van der Waals surface area contributed by atoms with E-state index in [1.54, 1.807) is 4.68 Å². The fourth-order valence-electron chi connectivity index (χ4n) is 4.02. The molecule has 0 aliphatic carbocycles. The number of hydrogen-bond donors (Lipinski definition) is 2. The highest BCUT2D eigenvalue weighted by Crippen LogP contribution is 2.25. The van der Waals surface area contributed by atoms with Crippen LogP contribution in [0.1, 0.15) is 51.8 Å². The van der Waals surface area contributed by atoms with Crippen LogP contribution >= 0.6 is 0 Å². The number of hydrogen-bond acceptors (Lipinski definition) is 5. The monoisotopic (exact) mass is 408 g/mol. The van der Waals surface area contributed by atoms with Crippen LogP contribution in [0.5, 0.6) is 0 Å². The SMILES string of the molecule is Cc1ccc(CN2CCc3c(c(C(=O)NC(C)c4ccccc4)nn3CCO)C2)o1. The van der Waals surface area contributed by atoms with E-state index in [0.717, 1.165) is 41.3 Å². The summed E-state index contributed by atoms with van der Waals surface area (Å²) in [6.45, 7) is 6.46. The molecule has 2 aromatic heterocycles. The quantitative estimate of drug-likeness (QED) is 0.628. The number of carbonyl (C=O) groups is 1. The standard InChI is InChI=1S/C23H28N4O3/c1-16-8-9-19(30-16)14-26-11-10-21-20(15-26)22(25-27(21)12-13-28)23(29)24-17(2)18-6-4-3-5-7-18/h3-9,17,28H,10-15H2,1-2H3,(H,24,29). The number of aromatic nitrogens is 2. The Bertz CT molecular complexity index is 1010. The zero-order valence-electron chi connectivity index (χ0n) is 17.5. The Morgan fingerprint density at radius 2 is 2.07 bits per heavy atom. The van der Waals surface area contributed by atoms with Crippen LogP contribution < -0.4 is 5.32 Å². The minimum absolute atomic E-state index is 0.00894. The maximum absolute atomic E-state index is 13.1. The van der Waals surface area contributed by atoms with Gasteiger partial charge >= 0.3 is 0 Å². The molecule has 0 radical (unpaired) electrons. The highest BCUT2D eigenvalue weighted by Gasteiger charge is 2.29. The van der Waals surface area contributed by atoms with Gasteiger partial charge in [-0.05, 0) is 31.5 Å². The molecule has 7 nitrogen and oxygen atoms in total. The van der Waals surface area contributed by atoms with Gasteiger partial charge in [-0.3, -0.25) is 14.4 Å². The zero-order valence-corrected chi connectivity index (χ0v) is 17.5. The lowest BCUT2D eigenvalue weighted by Crippen LogP contribution is -2.33. The van der Waals surface area contributed by atoms with E-state index in [1.807, 2.05) is 56.3 Å². The number of fused-ring (bicyclic) bond motifs is 1. The third kappa shape index (κ3) is 4.32. The van der Waals surface area contributed by atoms with Crippen molar-refractivity contribution in [2.45, 2.75) is 45.9 Å². The van der Waals surface area contributed by atoms with Crippen LogP contribution in [0.25, 0.3) is 0 Å². The summed E-state index contributed by atoms with van der Waals surface area (Å²) in [7, 11) is 0. The number of aliphatic hydroxyl groups excluding tert-OH is 1. The number of aryl methyl sites for hydroxylation is 1. The molecule has 1 aliphatic heterocycles. The van der Waals surface area contributed by atoms with Crippen molar-refractivity contribution >= 4 is 5.91 Å². The van der Waals surface area contributed by atoms with Crippen LogP contribution in [0.4, 0.5) is 0 Å². The van der Waals surface area contributed by atoms with E-state index >= 15 is 0 Å². The number of nitrogens with zero attached hydrogens (tertiary/aromatic N) is 3. The summed E-state index contributed by atoms with van der Waals surface area (Å²) in [5, 5.41) is 17.1. The first kappa shape index (κ1) is 20.4. The van der Waals surface area contributed by atoms with Crippen molar-refractivity contribution in [3.8, 4) is 0 Å². The lowest BCUT2D eigenvalue weighted by molar-refractivity contribution is 0.0931. The molecule has 0 spiro atoms. The van der Waals surface area contributed by atoms with Gasteiger partial charge in [-0.25, -0.2) is 0 Å². The summed E-state index contributed by atoms with van der Waals surface area (Å²) in [5.74, 6) is 1.63. The molecule has 0 fully saturated rings. The number of benzene rings is 1. The second-order valence-corrected chi connectivity index (χ2v) is 7.80. The third-order valence-corrected chi connectivity index (χ3v) is 5.56. The molecule has 158 valence electrons. The molecule has 1 unspecified atom stereocenters. The Morgan fingerprint density at radius 3 is 2.77 bits per heavy atom. The van der Waals surface area contributed by atoms with Crippen LogP contribution in [0.3, 0.4) is 0 Å². The molecule has 7 heteroatoms. The molecule has 2 N–H and O–H groups in total. The van der Waals surface area contributed by atoms with Gasteiger partial charge in [0.15, 0.2) is 5.69 Å². The van der Waals surface area contributed by atoms with Crippen LogP contribution in [-0.2, 0) is 26.1 Å². The van der Waals surface area contributed by atoms with Gasteiger partial charge in [0.2, 0.25) is 0 Å². The Hall–Kier alpha value is -2.90. The maximum atomic E-state index is 13.1. The third-order valence-electron chi connectivity index (χ3n) is 5.56. The van der Waals surface area contributed by atoms with Gasteiger partial charge in [0.1, 0.15) is 11.5 Å². The minimum Gasteiger partial charge on any atom is -0.465 e. The summed E-state index contributed by atoms with van der Waals surface area (Å²) in [5.41, 5.74) is 3.47. The molecule has 1 amide bonds. The highest BCUT2D eigenvalue weighted by atomic mass is 16.3. The van der Waals surface area contributed by atoms with Gasteiger partial charge in [0, 0.05) is 30.8 Å². The predicted octanol–water partition coefficient (Wildman–Crippen LogP) is 2.83. The first-order valence-electron chi connectivity index (χ1n) is 10.4. The largest absolute Gasteiger partial charge is 0.465 e. The fraction of sp³-hybridized carbons (Fsp3) is 0.391. The molecular formula is C23H28N4O3. The van der Waals surface area contributed by atoms with Gasteiger partial charge in [-0.1, -0.05) is 30.3 Å². The van der Waals surface area contributed by atoms with Gasteiger partial charge in [0.25, 0.3) is 5.91 Å². The van der Waals surface area contributed by atoms with E-state index < -0.39 is 0 Å². The molecular weight excluding hydrogens is 380 g/mol. The van der Waals surface area contributed by atoms with Crippen molar-refractivity contribution in [1.29, 1.82) is 0 Å². The van der Waals surface area contributed by atoms with Crippen molar-refractivity contribution in [2.75, 3.05) is 13.2 Å². The molecule has 30 heavy (non-hydrogen) atoms. The summed E-state index contributed by atoms with van der Waals surface area (Å²) < 4.78 is 7.51. The first-order valence-corrected chi connectivity index (χ1v) is 10.4. The van der Waals surface area contributed by atoms with E-state index in [4.69, 9.17) is 4.42 Å². The van der Waals surface area contributed by atoms with E-state index in [-0.39, 0.29) is 18.6 Å². The predicted molar refractivity (Wildman–Crippen MR) is 113 cm³/mol. The second kappa shape index (κ2) is 8.85. The van der Waals surface area contributed by atoms with E-state index in [1.165, 1.54) is 0 Å². The molecule has 1 aliphatic rings. The maximum Gasteiger partial charge on any atom is 0.272 e. The average molecular weight is 409 g/mol. The number of amides is 1. The summed E-state index contributed by atoms with van der Waals surface area (Å²) in [4.78, 5) is 15.4. The number of rotatable bonds is 7. The first-order chi connectivity index (χ1) is 14.5. The zero-order chi connectivity index (χ0) is 21.1. The van der Waals surface area contributed by atoms with Crippen molar-refractivity contribution in [3.63, 3.8) is 0 Å². The van der Waals surface area contributed by atoms with Gasteiger partial charge in [-0.2, -0.15) is 5.10 Å². The average Bonchev–Trinajstić information content (AvgIpc) is 3.32. The lowest BCUT2D eigenvalue weighted by Gasteiger charge is -2.27. The molecule has 0 bridgehead atoms. The number of carbonyl (C=O) groups excluding carboxylic acids is 1. The fourth-order valence-corrected chi connectivity index (χ4v) is 4.02. The Morgan fingerprint density at radius 1 is 1.27 bits per heavy atom. The molecule has 1 aromatic carbocycles. The highest BCUT2D eigenvalue weighted by molar-refractivity contribution is 5.94. The van der Waals surface area contributed by atoms with Crippen LogP contribution in [-0.4, -0.2) is 38.8 Å². The van der Waals surface area contributed by atoms with E-state index in [0.29, 0.717) is 25.3 Å². The Balaban J connectivity index is 1.55. The summed E-state index contributed by atoms with van der Waals surface area (Å²) >= 11 is 0. The topological polar surface area (TPSA) is 83.5 Å². The summed E-state index contributed by atoms with van der Waals surface area (Å²) in [6.07, 6.45) is 0.781. The smallest absolute Gasteiger partial charge is 0.272 e. The molecule has 3 aromatic rings. The van der Waals surface area contributed by atoms with Gasteiger partial charge in [-0.15, -0.1) is 0 Å². The number of nitrogens with one attached hydrogen (secondary N) is 1. The van der Waals surface area contributed by atoms with Crippen LogP contribution in [0.15, 0.2) is 46.9 Å². The van der Waals surface area contributed by atoms with Crippen molar-refractivity contribution in [3.05, 3.63) is 76.5 Å². The van der Waals surface area contributed by atoms with Gasteiger partial charge in [0.05, 0.1) is 25.7 Å². The van der Waals surface area contributed by atoms with E-state index in [9.17, 15) is 9.90 Å². The second-order valence-electron chi connectivity index (χ2n) is 7.80. The number of furan rings is 1. The molecule has 0 saturated carbocycles. The van der Waals surface area contributed by atoms with Crippen LogP contribution in [0.2, 0.25) is 0 Å². The van der Waals surface area contributed by atoms with Crippen LogP contribution in [0, 0.1) is 6.92 Å². The molecule has 3 heterocycles. The minimum atomic E-state index is -0.185. The van der Waals surface area contributed by atoms with Crippen molar-refractivity contribution < 1.29 is 14.3 Å². The Kier molecular flexibility index (Phi) is 6.01. The molecule has 1 atom stereocenters. The van der Waals surface area contributed by atoms with Gasteiger partial charge < -0.3 is 14.8 Å².